The van der Waals surface area contributed by atoms with Crippen LogP contribution in [0.5, 0.6) is 5.75 Å². The van der Waals surface area contributed by atoms with Crippen LogP contribution in [0.4, 0.5) is 0 Å². The van der Waals surface area contributed by atoms with Gasteiger partial charge in [-0.15, -0.1) is 23.1 Å². The fourth-order valence-electron chi connectivity index (χ4n) is 1.59. The molecule has 0 aliphatic rings. The molecule has 74 valence electrons. The second-order valence-electron chi connectivity index (χ2n) is 3.09. The molecular weight excluding hydrogens is 212 g/mol. The molecule has 2 rings (SSSR count). The van der Waals surface area contributed by atoms with Crippen molar-refractivity contribution in [2.75, 3.05) is 13.4 Å². The average molecular weight is 224 g/mol. The fraction of sp³-hybridized carbons (Fsp3) is 0.273. The Morgan fingerprint density at radius 2 is 2.14 bits per heavy atom. The third kappa shape index (κ3) is 1.41. The number of methoxy groups -OCH3 is 1. The molecule has 0 atom stereocenters. The summed E-state index contributed by atoms with van der Waals surface area (Å²) in [7, 11) is 1.72. The lowest BCUT2D eigenvalue weighted by Crippen LogP contribution is -1.86. The molecule has 0 unspecified atom stereocenters. The van der Waals surface area contributed by atoms with Gasteiger partial charge < -0.3 is 4.74 Å². The summed E-state index contributed by atoms with van der Waals surface area (Å²) in [6.07, 6.45) is 2.09. The SMILES string of the molecule is COc1ccc2scc(C)c2c1SC. The van der Waals surface area contributed by atoms with E-state index in [4.69, 9.17) is 4.74 Å². The predicted octanol–water partition coefficient (Wildman–Crippen LogP) is 3.94. The van der Waals surface area contributed by atoms with E-state index in [-0.39, 0.29) is 0 Å². The number of aryl methyl sites for hydroxylation is 1. The molecule has 2 aromatic rings. The first-order valence-electron chi connectivity index (χ1n) is 4.36. The standard InChI is InChI=1S/C11H12OS2/c1-7-6-14-9-5-4-8(12-2)11(13-3)10(7)9/h4-6H,1-3H3. The highest BCUT2D eigenvalue weighted by Crippen LogP contribution is 2.39. The summed E-state index contributed by atoms with van der Waals surface area (Å²) in [5.41, 5.74) is 1.34. The van der Waals surface area contributed by atoms with Gasteiger partial charge in [-0.05, 0) is 36.3 Å². The van der Waals surface area contributed by atoms with Crippen LogP contribution in [-0.2, 0) is 0 Å². The van der Waals surface area contributed by atoms with Gasteiger partial charge in [0.2, 0.25) is 0 Å². The van der Waals surface area contributed by atoms with E-state index in [0.29, 0.717) is 0 Å². The minimum Gasteiger partial charge on any atom is -0.496 e. The summed E-state index contributed by atoms with van der Waals surface area (Å²) in [6, 6.07) is 4.18. The van der Waals surface area contributed by atoms with Crippen molar-refractivity contribution in [3.63, 3.8) is 0 Å². The molecule has 0 aliphatic heterocycles. The molecule has 0 spiro atoms. The molecule has 0 amide bonds. The van der Waals surface area contributed by atoms with Gasteiger partial charge in [0.15, 0.2) is 0 Å². The van der Waals surface area contributed by atoms with Gasteiger partial charge in [0.1, 0.15) is 5.75 Å². The van der Waals surface area contributed by atoms with Crippen LogP contribution in [0.1, 0.15) is 5.56 Å². The van der Waals surface area contributed by atoms with Gasteiger partial charge in [0.25, 0.3) is 0 Å². The van der Waals surface area contributed by atoms with E-state index in [2.05, 4.69) is 24.6 Å². The molecule has 0 saturated heterocycles. The maximum atomic E-state index is 5.35. The van der Waals surface area contributed by atoms with Crippen LogP contribution in [-0.4, -0.2) is 13.4 Å². The highest BCUT2D eigenvalue weighted by molar-refractivity contribution is 7.99. The summed E-state index contributed by atoms with van der Waals surface area (Å²) in [5.74, 6) is 0.978. The summed E-state index contributed by atoms with van der Waals surface area (Å²) < 4.78 is 6.69. The molecule has 0 N–H and O–H groups in total. The minimum absolute atomic E-state index is 0.978. The molecule has 1 nitrogen and oxygen atoms in total. The third-order valence-electron chi connectivity index (χ3n) is 2.26. The average Bonchev–Trinajstić information content (AvgIpc) is 2.59. The fourth-order valence-corrected chi connectivity index (χ4v) is 3.43. The number of hydrogen-bond donors (Lipinski definition) is 0. The number of rotatable bonds is 2. The second kappa shape index (κ2) is 3.83. The Hall–Kier alpha value is -0.670. The molecule has 1 aromatic carbocycles. The van der Waals surface area contributed by atoms with Gasteiger partial charge in [0.05, 0.1) is 12.0 Å². The molecule has 1 heterocycles. The van der Waals surface area contributed by atoms with E-state index in [1.165, 1.54) is 20.5 Å². The molecular formula is C11H12OS2. The van der Waals surface area contributed by atoms with Gasteiger partial charge in [0, 0.05) is 10.1 Å². The summed E-state index contributed by atoms with van der Waals surface area (Å²) in [6.45, 7) is 2.15. The maximum absolute atomic E-state index is 5.35. The Morgan fingerprint density at radius 1 is 1.36 bits per heavy atom. The van der Waals surface area contributed by atoms with Crippen LogP contribution in [0.2, 0.25) is 0 Å². The summed E-state index contributed by atoms with van der Waals surface area (Å²) >= 11 is 3.54. The topological polar surface area (TPSA) is 9.23 Å². The highest BCUT2D eigenvalue weighted by Gasteiger charge is 2.10. The zero-order chi connectivity index (χ0) is 10.1. The van der Waals surface area contributed by atoms with E-state index in [1.807, 2.05) is 6.07 Å². The summed E-state index contributed by atoms with van der Waals surface area (Å²) in [5, 5.41) is 3.55. The smallest absolute Gasteiger partial charge is 0.133 e. The van der Waals surface area contributed by atoms with Gasteiger partial charge >= 0.3 is 0 Å². The largest absolute Gasteiger partial charge is 0.496 e. The first-order chi connectivity index (χ1) is 6.77. The lowest BCUT2D eigenvalue weighted by Gasteiger charge is -2.07. The minimum atomic E-state index is 0.978. The highest BCUT2D eigenvalue weighted by atomic mass is 32.2. The predicted molar refractivity (Wildman–Crippen MR) is 64.9 cm³/mol. The Labute approximate surface area is 92.1 Å². The molecule has 0 bridgehead atoms. The lowest BCUT2D eigenvalue weighted by molar-refractivity contribution is 0.406. The van der Waals surface area contributed by atoms with Crippen LogP contribution in [0.3, 0.4) is 0 Å². The van der Waals surface area contributed by atoms with Crippen molar-refractivity contribution < 1.29 is 4.74 Å². The zero-order valence-corrected chi connectivity index (χ0v) is 10.1. The van der Waals surface area contributed by atoms with Crippen LogP contribution in [0.25, 0.3) is 10.1 Å². The van der Waals surface area contributed by atoms with E-state index >= 15 is 0 Å². The molecule has 0 saturated carbocycles. The zero-order valence-electron chi connectivity index (χ0n) is 8.46. The van der Waals surface area contributed by atoms with Crippen molar-refractivity contribution in [2.24, 2.45) is 0 Å². The molecule has 3 heteroatoms. The normalized spacial score (nSPS) is 10.8. The van der Waals surface area contributed by atoms with Crippen molar-refractivity contribution in [1.82, 2.24) is 0 Å². The third-order valence-corrected chi connectivity index (χ3v) is 4.14. The van der Waals surface area contributed by atoms with Gasteiger partial charge in [-0.1, -0.05) is 0 Å². The van der Waals surface area contributed by atoms with Crippen molar-refractivity contribution in [1.29, 1.82) is 0 Å². The summed E-state index contributed by atoms with van der Waals surface area (Å²) in [4.78, 5) is 1.25. The van der Waals surface area contributed by atoms with Crippen molar-refractivity contribution >= 4 is 33.2 Å². The number of thiophene rings is 1. The molecule has 14 heavy (non-hydrogen) atoms. The van der Waals surface area contributed by atoms with Gasteiger partial charge in [-0.25, -0.2) is 0 Å². The quantitative estimate of drug-likeness (QED) is 0.715. The van der Waals surface area contributed by atoms with E-state index in [9.17, 15) is 0 Å². The van der Waals surface area contributed by atoms with Crippen molar-refractivity contribution in [3.05, 3.63) is 23.1 Å². The Kier molecular flexibility index (Phi) is 2.70. The Morgan fingerprint density at radius 3 is 2.79 bits per heavy atom. The van der Waals surface area contributed by atoms with Crippen molar-refractivity contribution in [2.45, 2.75) is 11.8 Å². The Balaban J connectivity index is 2.81. The first-order valence-corrected chi connectivity index (χ1v) is 6.47. The van der Waals surface area contributed by atoms with Gasteiger partial charge in [-0.2, -0.15) is 0 Å². The first kappa shape index (κ1) is 9.87. The van der Waals surface area contributed by atoms with Crippen molar-refractivity contribution in [3.8, 4) is 5.75 Å². The van der Waals surface area contributed by atoms with Crippen LogP contribution in [0.15, 0.2) is 22.4 Å². The maximum Gasteiger partial charge on any atom is 0.133 e. The number of hydrogen-bond acceptors (Lipinski definition) is 3. The molecule has 1 aromatic heterocycles. The van der Waals surface area contributed by atoms with Crippen LogP contribution >= 0.6 is 23.1 Å². The molecule has 0 aliphatic carbocycles. The lowest BCUT2D eigenvalue weighted by atomic mass is 10.2. The molecule has 0 fully saturated rings. The van der Waals surface area contributed by atoms with E-state index in [1.54, 1.807) is 30.2 Å². The van der Waals surface area contributed by atoms with Crippen LogP contribution in [0, 0.1) is 6.92 Å². The number of thioether (sulfide) groups is 1. The number of benzene rings is 1. The van der Waals surface area contributed by atoms with Crippen LogP contribution < -0.4 is 4.74 Å². The van der Waals surface area contributed by atoms with Gasteiger partial charge in [-0.3, -0.25) is 0 Å². The monoisotopic (exact) mass is 224 g/mol. The second-order valence-corrected chi connectivity index (χ2v) is 4.82. The van der Waals surface area contributed by atoms with E-state index < -0.39 is 0 Å². The molecule has 0 radical (unpaired) electrons. The van der Waals surface area contributed by atoms with E-state index in [0.717, 1.165) is 5.75 Å². The Bertz CT molecular complexity index is 460. The number of ether oxygens (including phenoxy) is 1. The number of fused-ring (bicyclic) bond motifs is 1.